The van der Waals surface area contributed by atoms with Crippen molar-refractivity contribution in [3.63, 3.8) is 0 Å². The van der Waals surface area contributed by atoms with Crippen LogP contribution >= 0.6 is 22.6 Å². The topological polar surface area (TPSA) is 54.5 Å². The van der Waals surface area contributed by atoms with Crippen molar-refractivity contribution >= 4 is 38.3 Å². The van der Waals surface area contributed by atoms with Gasteiger partial charge in [0.2, 0.25) is 0 Å². The first-order valence-corrected chi connectivity index (χ1v) is 9.04. The molecule has 0 aliphatic carbocycles. The van der Waals surface area contributed by atoms with Gasteiger partial charge in [-0.1, -0.05) is 18.1 Å². The number of terminal acetylenes is 1. The zero-order chi connectivity index (χ0) is 14.8. The SMILES string of the molecule is C#CCN(C(=O)c1ccccc1I)C1CCS(=O)(=O)C1. The lowest BCUT2D eigenvalue weighted by Gasteiger charge is -2.26. The molecule has 1 saturated heterocycles. The van der Waals surface area contributed by atoms with Crippen LogP contribution in [-0.4, -0.2) is 43.3 Å². The number of benzene rings is 1. The van der Waals surface area contributed by atoms with E-state index in [2.05, 4.69) is 28.5 Å². The molecule has 4 nitrogen and oxygen atoms in total. The fourth-order valence-corrected chi connectivity index (χ4v) is 4.62. The second-order valence-electron chi connectivity index (χ2n) is 4.67. The maximum absolute atomic E-state index is 12.6. The summed E-state index contributed by atoms with van der Waals surface area (Å²) in [5.41, 5.74) is 0.563. The van der Waals surface area contributed by atoms with Crippen molar-refractivity contribution in [2.24, 2.45) is 0 Å². The van der Waals surface area contributed by atoms with Crippen LogP contribution in [0.15, 0.2) is 24.3 Å². The Balaban J connectivity index is 2.28. The Labute approximate surface area is 132 Å². The summed E-state index contributed by atoms with van der Waals surface area (Å²) in [6, 6.07) is 6.89. The number of halogens is 1. The molecule has 1 aromatic carbocycles. The van der Waals surface area contributed by atoms with Crippen molar-refractivity contribution in [3.05, 3.63) is 33.4 Å². The van der Waals surface area contributed by atoms with Gasteiger partial charge in [-0.25, -0.2) is 8.42 Å². The highest BCUT2D eigenvalue weighted by Crippen LogP contribution is 2.21. The van der Waals surface area contributed by atoms with E-state index >= 15 is 0 Å². The van der Waals surface area contributed by atoms with Gasteiger partial charge >= 0.3 is 0 Å². The average Bonchev–Trinajstić information content (AvgIpc) is 2.76. The van der Waals surface area contributed by atoms with Crippen LogP contribution in [-0.2, 0) is 9.84 Å². The fraction of sp³-hybridized carbons (Fsp3) is 0.357. The Morgan fingerprint density at radius 1 is 1.45 bits per heavy atom. The predicted octanol–water partition coefficient (Wildman–Crippen LogP) is 1.55. The molecule has 1 unspecified atom stereocenters. The van der Waals surface area contributed by atoms with Gasteiger partial charge in [0.1, 0.15) is 0 Å². The summed E-state index contributed by atoms with van der Waals surface area (Å²) in [5.74, 6) is 2.38. The van der Waals surface area contributed by atoms with E-state index in [1.807, 2.05) is 12.1 Å². The number of amides is 1. The summed E-state index contributed by atoms with van der Waals surface area (Å²) in [7, 11) is -3.05. The van der Waals surface area contributed by atoms with Gasteiger partial charge in [-0.05, 0) is 41.1 Å². The molecular formula is C14H14INO3S. The minimum atomic E-state index is -3.05. The molecule has 0 aromatic heterocycles. The monoisotopic (exact) mass is 403 g/mol. The Morgan fingerprint density at radius 3 is 2.70 bits per heavy atom. The standard InChI is InChI=1S/C14H14INO3S/c1-2-8-16(11-7-9-20(18,19)10-11)14(17)12-5-3-4-6-13(12)15/h1,3-6,11H,7-10H2. The molecule has 1 aliphatic heterocycles. The molecule has 106 valence electrons. The fourth-order valence-electron chi connectivity index (χ4n) is 2.28. The average molecular weight is 403 g/mol. The summed E-state index contributed by atoms with van der Waals surface area (Å²) in [6.07, 6.45) is 5.78. The molecule has 1 amide bonds. The van der Waals surface area contributed by atoms with E-state index in [-0.39, 0.29) is 30.0 Å². The van der Waals surface area contributed by atoms with Gasteiger partial charge in [0.25, 0.3) is 5.91 Å². The number of rotatable bonds is 3. The van der Waals surface area contributed by atoms with Crippen LogP contribution in [0.1, 0.15) is 16.8 Å². The van der Waals surface area contributed by atoms with Crippen LogP contribution in [0.3, 0.4) is 0 Å². The minimum absolute atomic E-state index is 0.00380. The molecule has 6 heteroatoms. The normalized spacial score (nSPS) is 20.3. The van der Waals surface area contributed by atoms with Gasteiger partial charge in [0, 0.05) is 9.61 Å². The van der Waals surface area contributed by atoms with Crippen molar-refractivity contribution < 1.29 is 13.2 Å². The lowest BCUT2D eigenvalue weighted by Crippen LogP contribution is -2.41. The molecule has 1 aromatic rings. The van der Waals surface area contributed by atoms with E-state index in [4.69, 9.17) is 6.42 Å². The molecular weight excluding hydrogens is 389 g/mol. The van der Waals surface area contributed by atoms with Crippen LogP contribution < -0.4 is 0 Å². The van der Waals surface area contributed by atoms with Crippen LogP contribution in [0.2, 0.25) is 0 Å². The van der Waals surface area contributed by atoms with Crippen LogP contribution in [0.5, 0.6) is 0 Å². The molecule has 0 bridgehead atoms. The van der Waals surface area contributed by atoms with Gasteiger partial charge in [0.15, 0.2) is 9.84 Å². The Kier molecular flexibility index (Phi) is 4.70. The van der Waals surface area contributed by atoms with E-state index in [0.717, 1.165) is 3.57 Å². The molecule has 0 N–H and O–H groups in total. The second kappa shape index (κ2) is 6.14. The van der Waals surface area contributed by atoms with Crippen LogP contribution in [0.4, 0.5) is 0 Å². The second-order valence-corrected chi connectivity index (χ2v) is 8.06. The molecule has 0 spiro atoms. The lowest BCUT2D eigenvalue weighted by molar-refractivity contribution is 0.0723. The van der Waals surface area contributed by atoms with E-state index in [0.29, 0.717) is 12.0 Å². The first kappa shape index (κ1) is 15.3. The van der Waals surface area contributed by atoms with Gasteiger partial charge in [-0.15, -0.1) is 6.42 Å². The molecule has 2 rings (SSSR count). The summed E-state index contributed by atoms with van der Waals surface area (Å²) in [5, 5.41) is 0. The molecule has 1 aliphatic rings. The van der Waals surface area contributed by atoms with Crippen LogP contribution in [0, 0.1) is 15.9 Å². The predicted molar refractivity (Wildman–Crippen MR) is 86.1 cm³/mol. The highest BCUT2D eigenvalue weighted by atomic mass is 127. The minimum Gasteiger partial charge on any atom is -0.323 e. The zero-order valence-electron chi connectivity index (χ0n) is 10.8. The zero-order valence-corrected chi connectivity index (χ0v) is 13.7. The molecule has 1 atom stereocenters. The van der Waals surface area contributed by atoms with Crippen molar-refractivity contribution in [1.29, 1.82) is 0 Å². The molecule has 0 radical (unpaired) electrons. The largest absolute Gasteiger partial charge is 0.323 e. The summed E-state index contributed by atoms with van der Waals surface area (Å²) in [4.78, 5) is 14.1. The highest BCUT2D eigenvalue weighted by Gasteiger charge is 2.34. The summed E-state index contributed by atoms with van der Waals surface area (Å²) in [6.45, 7) is 0.129. The third-order valence-corrected chi connectivity index (χ3v) is 5.97. The maximum atomic E-state index is 12.6. The number of nitrogens with zero attached hydrogens (tertiary/aromatic N) is 1. The van der Waals surface area contributed by atoms with E-state index in [1.54, 1.807) is 12.1 Å². The maximum Gasteiger partial charge on any atom is 0.255 e. The molecule has 1 heterocycles. The first-order chi connectivity index (χ1) is 9.44. The summed E-state index contributed by atoms with van der Waals surface area (Å²) >= 11 is 2.09. The van der Waals surface area contributed by atoms with Crippen molar-refractivity contribution in [3.8, 4) is 12.3 Å². The number of carbonyl (C=O) groups is 1. The third kappa shape index (κ3) is 3.33. The molecule has 1 fully saturated rings. The van der Waals surface area contributed by atoms with Crippen molar-refractivity contribution in [1.82, 2.24) is 4.90 Å². The molecule has 0 saturated carbocycles. The third-order valence-electron chi connectivity index (χ3n) is 3.28. The Bertz CT molecular complexity index is 663. The quantitative estimate of drug-likeness (QED) is 0.569. The lowest BCUT2D eigenvalue weighted by atomic mass is 10.1. The Hall–Kier alpha value is -1.07. The first-order valence-electron chi connectivity index (χ1n) is 6.14. The van der Waals surface area contributed by atoms with Crippen LogP contribution in [0.25, 0.3) is 0 Å². The van der Waals surface area contributed by atoms with E-state index < -0.39 is 9.84 Å². The summed E-state index contributed by atoms with van der Waals surface area (Å²) < 4.78 is 24.0. The van der Waals surface area contributed by atoms with Gasteiger partial charge < -0.3 is 4.90 Å². The smallest absolute Gasteiger partial charge is 0.255 e. The number of carbonyl (C=O) groups excluding carboxylic acids is 1. The van der Waals surface area contributed by atoms with Crippen molar-refractivity contribution in [2.45, 2.75) is 12.5 Å². The number of sulfone groups is 1. The Morgan fingerprint density at radius 2 is 2.15 bits per heavy atom. The number of hydrogen-bond acceptors (Lipinski definition) is 3. The van der Waals surface area contributed by atoms with Crippen molar-refractivity contribution in [2.75, 3.05) is 18.1 Å². The van der Waals surface area contributed by atoms with E-state index in [1.165, 1.54) is 4.90 Å². The molecule has 20 heavy (non-hydrogen) atoms. The van der Waals surface area contributed by atoms with Gasteiger partial charge in [-0.3, -0.25) is 4.79 Å². The van der Waals surface area contributed by atoms with Gasteiger partial charge in [0.05, 0.1) is 23.6 Å². The highest BCUT2D eigenvalue weighted by molar-refractivity contribution is 14.1. The number of hydrogen-bond donors (Lipinski definition) is 0. The van der Waals surface area contributed by atoms with E-state index in [9.17, 15) is 13.2 Å². The van der Waals surface area contributed by atoms with Gasteiger partial charge in [-0.2, -0.15) is 0 Å².